The molecular formula is C31H36N4O6S. The third-order valence-corrected chi connectivity index (χ3v) is 9.29. The first-order valence-electron chi connectivity index (χ1n) is 14.1. The van der Waals surface area contributed by atoms with Gasteiger partial charge in [0.25, 0.3) is 15.7 Å². The first-order chi connectivity index (χ1) is 20.1. The molecule has 11 heteroatoms. The SMILES string of the molecule is CC[C@H](C(=O)NC1CCCC1)N(Cc1ccc(C)cc1)C(=O)CN(c1cccc([N+](=O)[O-])c1)S(=O)(=O)c1ccccc1. The van der Waals surface area contributed by atoms with Crippen LogP contribution in [0, 0.1) is 17.0 Å². The Morgan fingerprint density at radius 3 is 2.29 bits per heavy atom. The van der Waals surface area contributed by atoms with Crippen molar-refractivity contribution in [3.8, 4) is 0 Å². The van der Waals surface area contributed by atoms with E-state index < -0.39 is 33.4 Å². The lowest BCUT2D eigenvalue weighted by Gasteiger charge is -2.33. The number of nitrogens with one attached hydrogen (secondary N) is 1. The minimum atomic E-state index is -4.31. The average molecular weight is 593 g/mol. The predicted octanol–water partition coefficient (Wildman–Crippen LogP) is 4.96. The number of hydrogen-bond acceptors (Lipinski definition) is 6. The van der Waals surface area contributed by atoms with Crippen LogP contribution >= 0.6 is 0 Å². The summed E-state index contributed by atoms with van der Waals surface area (Å²) in [5, 5.41) is 14.6. The minimum Gasteiger partial charge on any atom is -0.352 e. The molecule has 42 heavy (non-hydrogen) atoms. The molecule has 0 aromatic heterocycles. The maximum Gasteiger partial charge on any atom is 0.271 e. The molecular weight excluding hydrogens is 556 g/mol. The summed E-state index contributed by atoms with van der Waals surface area (Å²) >= 11 is 0. The van der Waals surface area contributed by atoms with Crippen molar-refractivity contribution in [3.05, 3.63) is 100 Å². The number of non-ortho nitro benzene ring substituents is 1. The smallest absolute Gasteiger partial charge is 0.271 e. The molecule has 1 fully saturated rings. The van der Waals surface area contributed by atoms with Crippen LogP contribution in [0.25, 0.3) is 0 Å². The number of sulfonamides is 1. The fraction of sp³-hybridized carbons (Fsp3) is 0.355. The normalized spacial score (nSPS) is 14.2. The van der Waals surface area contributed by atoms with Crippen LogP contribution in [0.2, 0.25) is 0 Å². The summed E-state index contributed by atoms with van der Waals surface area (Å²) in [6.07, 6.45) is 4.14. The van der Waals surface area contributed by atoms with Gasteiger partial charge in [-0.25, -0.2) is 8.42 Å². The van der Waals surface area contributed by atoms with Crippen LogP contribution < -0.4 is 9.62 Å². The number of nitro benzene ring substituents is 1. The molecule has 0 heterocycles. The number of carbonyl (C=O) groups is 2. The molecule has 1 aliphatic rings. The largest absolute Gasteiger partial charge is 0.352 e. The van der Waals surface area contributed by atoms with Gasteiger partial charge in [0.15, 0.2) is 0 Å². The quantitative estimate of drug-likeness (QED) is 0.234. The molecule has 1 atom stereocenters. The number of benzene rings is 3. The highest BCUT2D eigenvalue weighted by atomic mass is 32.2. The molecule has 0 saturated heterocycles. The Labute approximate surface area is 246 Å². The fourth-order valence-corrected chi connectivity index (χ4v) is 6.61. The molecule has 0 radical (unpaired) electrons. The summed E-state index contributed by atoms with van der Waals surface area (Å²) in [5.41, 5.74) is 1.48. The number of carbonyl (C=O) groups excluding carboxylic acids is 2. The van der Waals surface area contributed by atoms with Crippen LogP contribution in [0.5, 0.6) is 0 Å². The lowest BCUT2D eigenvalue weighted by atomic mass is 10.1. The van der Waals surface area contributed by atoms with Gasteiger partial charge in [-0.1, -0.05) is 73.9 Å². The van der Waals surface area contributed by atoms with E-state index in [1.165, 1.54) is 35.2 Å². The summed E-state index contributed by atoms with van der Waals surface area (Å²) in [7, 11) is -4.31. The maximum absolute atomic E-state index is 14.1. The molecule has 0 aliphatic heterocycles. The molecule has 0 unspecified atom stereocenters. The van der Waals surface area contributed by atoms with Gasteiger partial charge in [-0.3, -0.25) is 24.0 Å². The molecule has 4 rings (SSSR count). The van der Waals surface area contributed by atoms with E-state index in [1.807, 2.05) is 38.1 Å². The summed E-state index contributed by atoms with van der Waals surface area (Å²) in [4.78, 5) is 39.9. The summed E-state index contributed by atoms with van der Waals surface area (Å²) in [5.74, 6) is -0.882. The predicted molar refractivity (Wildman–Crippen MR) is 160 cm³/mol. The molecule has 1 saturated carbocycles. The molecule has 1 N–H and O–H groups in total. The summed E-state index contributed by atoms with van der Waals surface area (Å²) in [6, 6.07) is 19.5. The summed E-state index contributed by atoms with van der Waals surface area (Å²) in [6.45, 7) is 3.19. The monoisotopic (exact) mass is 592 g/mol. The Morgan fingerprint density at radius 1 is 1.00 bits per heavy atom. The fourth-order valence-electron chi connectivity index (χ4n) is 5.19. The highest BCUT2D eigenvalue weighted by Gasteiger charge is 2.35. The van der Waals surface area contributed by atoms with Gasteiger partial charge in [0.05, 0.1) is 15.5 Å². The highest BCUT2D eigenvalue weighted by molar-refractivity contribution is 7.92. The lowest BCUT2D eigenvalue weighted by Crippen LogP contribution is -2.53. The molecule has 10 nitrogen and oxygen atoms in total. The molecule has 0 bridgehead atoms. The molecule has 1 aliphatic carbocycles. The van der Waals surface area contributed by atoms with Crippen LogP contribution in [0.3, 0.4) is 0 Å². The second-order valence-electron chi connectivity index (χ2n) is 10.5. The van der Waals surface area contributed by atoms with E-state index in [1.54, 1.807) is 18.2 Å². The van der Waals surface area contributed by atoms with Crippen molar-refractivity contribution >= 4 is 33.2 Å². The molecule has 3 aromatic rings. The Hall–Kier alpha value is -4.25. The van der Waals surface area contributed by atoms with Crippen molar-refractivity contribution in [1.29, 1.82) is 0 Å². The molecule has 2 amide bonds. The maximum atomic E-state index is 14.1. The Morgan fingerprint density at radius 2 is 1.67 bits per heavy atom. The Balaban J connectivity index is 1.73. The summed E-state index contributed by atoms with van der Waals surface area (Å²) < 4.78 is 28.6. The van der Waals surface area contributed by atoms with E-state index in [2.05, 4.69) is 5.32 Å². The van der Waals surface area contributed by atoms with Crippen LogP contribution in [0.15, 0.2) is 83.8 Å². The number of aryl methyl sites for hydroxylation is 1. The van der Waals surface area contributed by atoms with Gasteiger partial charge in [0, 0.05) is 24.7 Å². The van der Waals surface area contributed by atoms with E-state index >= 15 is 0 Å². The van der Waals surface area contributed by atoms with Crippen LogP contribution in [-0.2, 0) is 26.2 Å². The van der Waals surface area contributed by atoms with Crippen LogP contribution in [0.1, 0.15) is 50.2 Å². The third kappa shape index (κ3) is 7.33. The van der Waals surface area contributed by atoms with E-state index in [-0.39, 0.29) is 34.8 Å². The lowest BCUT2D eigenvalue weighted by molar-refractivity contribution is -0.384. The van der Waals surface area contributed by atoms with Gasteiger partial charge in [-0.05, 0) is 49.9 Å². The second-order valence-corrected chi connectivity index (χ2v) is 12.4. The first-order valence-corrected chi connectivity index (χ1v) is 15.5. The Bertz CT molecular complexity index is 1510. The van der Waals surface area contributed by atoms with Gasteiger partial charge in [-0.2, -0.15) is 0 Å². The van der Waals surface area contributed by atoms with E-state index in [0.717, 1.165) is 47.2 Å². The van der Waals surface area contributed by atoms with E-state index in [9.17, 15) is 28.1 Å². The number of nitrogens with zero attached hydrogens (tertiary/aromatic N) is 3. The standard InChI is InChI=1S/C31H36N4O6S/c1-3-29(31(37)32-25-10-7-8-11-25)33(21-24-18-16-23(2)17-19-24)30(36)22-34(26-12-9-13-27(20-26)35(38)39)42(40,41)28-14-5-4-6-15-28/h4-6,9,12-20,25,29H,3,7-8,10-11,21-22H2,1-2H3,(H,32,37)/t29-/m1/s1. The number of amides is 2. The van der Waals surface area contributed by atoms with Crippen molar-refractivity contribution in [2.24, 2.45) is 0 Å². The topological polar surface area (TPSA) is 130 Å². The van der Waals surface area contributed by atoms with Gasteiger partial charge >= 0.3 is 0 Å². The van der Waals surface area contributed by atoms with Crippen molar-refractivity contribution in [1.82, 2.24) is 10.2 Å². The number of nitro groups is 1. The average Bonchev–Trinajstić information content (AvgIpc) is 3.50. The van der Waals surface area contributed by atoms with Crippen molar-refractivity contribution < 1.29 is 22.9 Å². The zero-order chi connectivity index (χ0) is 30.3. The number of hydrogen-bond donors (Lipinski definition) is 1. The number of rotatable bonds is 12. The van der Waals surface area contributed by atoms with Crippen LogP contribution in [0.4, 0.5) is 11.4 Å². The van der Waals surface area contributed by atoms with Gasteiger partial charge in [-0.15, -0.1) is 0 Å². The molecule has 222 valence electrons. The highest BCUT2D eigenvalue weighted by Crippen LogP contribution is 2.28. The van der Waals surface area contributed by atoms with E-state index in [0.29, 0.717) is 6.42 Å². The van der Waals surface area contributed by atoms with Gasteiger partial charge in [0.2, 0.25) is 11.8 Å². The second kappa shape index (κ2) is 13.6. The van der Waals surface area contributed by atoms with Crippen molar-refractivity contribution in [2.45, 2.75) is 69.5 Å². The van der Waals surface area contributed by atoms with Crippen molar-refractivity contribution in [3.63, 3.8) is 0 Å². The zero-order valence-corrected chi connectivity index (χ0v) is 24.6. The molecule has 3 aromatic carbocycles. The number of anilines is 1. The van der Waals surface area contributed by atoms with E-state index in [4.69, 9.17) is 0 Å². The third-order valence-electron chi connectivity index (χ3n) is 7.50. The van der Waals surface area contributed by atoms with Gasteiger partial charge in [0.1, 0.15) is 12.6 Å². The van der Waals surface area contributed by atoms with Crippen molar-refractivity contribution in [2.75, 3.05) is 10.8 Å². The minimum absolute atomic E-state index is 0.0276. The first kappa shape index (κ1) is 30.7. The Kier molecular flexibility index (Phi) is 9.95. The molecule has 0 spiro atoms. The zero-order valence-electron chi connectivity index (χ0n) is 23.8. The van der Waals surface area contributed by atoms with Crippen LogP contribution in [-0.4, -0.2) is 48.7 Å². The van der Waals surface area contributed by atoms with Gasteiger partial charge < -0.3 is 10.2 Å².